The molecule has 0 saturated heterocycles. The van der Waals surface area contributed by atoms with Crippen molar-refractivity contribution in [3.8, 4) is 28.8 Å². The average Bonchev–Trinajstić information content (AvgIpc) is 2.45. The van der Waals surface area contributed by atoms with Gasteiger partial charge in [0.2, 0.25) is 0 Å². The average molecular weight is 324 g/mol. The molecule has 0 spiro atoms. The second kappa shape index (κ2) is 6.08. The van der Waals surface area contributed by atoms with E-state index in [9.17, 15) is 9.90 Å². The summed E-state index contributed by atoms with van der Waals surface area (Å²) in [6.07, 6.45) is 1.73. The van der Waals surface area contributed by atoms with Crippen LogP contribution in [0.2, 0.25) is 5.02 Å². The van der Waals surface area contributed by atoms with Crippen LogP contribution in [0.4, 0.5) is 0 Å². The summed E-state index contributed by atoms with van der Waals surface area (Å²) in [5.74, 6) is 0.135. The highest BCUT2D eigenvalue weighted by molar-refractivity contribution is 7.98. The third-order valence-corrected chi connectivity index (χ3v) is 3.60. The first-order valence-electron chi connectivity index (χ1n) is 5.67. The number of rotatable bonds is 3. The minimum Gasteiger partial charge on any atom is -0.507 e. The number of aromatic nitrogens is 2. The number of nitrogens with zero attached hydrogens (tertiary/aromatic N) is 2. The summed E-state index contributed by atoms with van der Waals surface area (Å²) in [6.45, 7) is 0. The fraction of sp³-hybridized carbons (Fsp3) is 0.154. The van der Waals surface area contributed by atoms with Crippen LogP contribution in [-0.2, 0) is 0 Å². The summed E-state index contributed by atoms with van der Waals surface area (Å²) < 4.78 is 4.99. The number of phenolic OH excluding ortho intramolecular Hbond substituents is 1. The number of aromatic amines is 1. The van der Waals surface area contributed by atoms with Gasteiger partial charge in [0, 0.05) is 6.07 Å². The number of benzene rings is 1. The number of nitriles is 1. The maximum Gasteiger partial charge on any atom is 0.270 e. The molecule has 0 radical (unpaired) electrons. The van der Waals surface area contributed by atoms with Gasteiger partial charge in [0.25, 0.3) is 5.56 Å². The monoisotopic (exact) mass is 323 g/mol. The van der Waals surface area contributed by atoms with E-state index in [1.165, 1.54) is 31.0 Å². The Morgan fingerprint density at radius 1 is 1.52 bits per heavy atom. The Balaban J connectivity index is 2.81. The molecule has 0 aliphatic rings. The molecule has 1 heterocycles. The number of hydrogen-bond donors (Lipinski definition) is 2. The van der Waals surface area contributed by atoms with Crippen LogP contribution < -0.4 is 10.3 Å². The Labute approximate surface area is 129 Å². The first-order chi connectivity index (χ1) is 10.0. The van der Waals surface area contributed by atoms with Crippen LogP contribution in [0.1, 0.15) is 5.56 Å². The van der Waals surface area contributed by atoms with Crippen LogP contribution in [0.15, 0.2) is 22.1 Å². The minimum atomic E-state index is -0.585. The molecule has 0 saturated carbocycles. The van der Waals surface area contributed by atoms with Gasteiger partial charge in [-0.05, 0) is 12.3 Å². The molecular weight excluding hydrogens is 314 g/mol. The van der Waals surface area contributed by atoms with Crippen molar-refractivity contribution in [1.29, 1.82) is 5.26 Å². The van der Waals surface area contributed by atoms with E-state index >= 15 is 0 Å². The molecule has 1 aromatic carbocycles. The van der Waals surface area contributed by atoms with E-state index in [1.54, 1.807) is 12.3 Å². The molecule has 0 aliphatic heterocycles. The lowest BCUT2D eigenvalue weighted by molar-refractivity contribution is 0.408. The molecule has 0 unspecified atom stereocenters. The van der Waals surface area contributed by atoms with Gasteiger partial charge in [0.1, 0.15) is 28.8 Å². The second-order valence-corrected chi connectivity index (χ2v) is 5.12. The van der Waals surface area contributed by atoms with E-state index in [-0.39, 0.29) is 27.6 Å². The Bertz CT molecular complexity index is 775. The molecule has 6 nitrogen and oxygen atoms in total. The number of nitrogens with one attached hydrogen (secondary N) is 1. The minimum absolute atomic E-state index is 0.0377. The topological polar surface area (TPSA) is 99.0 Å². The first-order valence-corrected chi connectivity index (χ1v) is 7.27. The number of halogens is 1. The molecule has 108 valence electrons. The van der Waals surface area contributed by atoms with Crippen LogP contribution in [-0.4, -0.2) is 28.4 Å². The maximum absolute atomic E-state index is 11.9. The molecule has 0 bridgehead atoms. The predicted octanol–water partition coefficient (Wildman–Crippen LogP) is 2.40. The highest BCUT2D eigenvalue weighted by atomic mass is 35.5. The van der Waals surface area contributed by atoms with Crippen molar-refractivity contribution in [3.05, 3.63) is 33.1 Å². The SMILES string of the molecule is COc1cc(O)c(-c2nc(SC)[nH]c(=O)c2C#N)c(Cl)c1. The summed E-state index contributed by atoms with van der Waals surface area (Å²) in [4.78, 5) is 18.5. The smallest absolute Gasteiger partial charge is 0.270 e. The van der Waals surface area contributed by atoms with Crippen molar-refractivity contribution < 1.29 is 9.84 Å². The third kappa shape index (κ3) is 2.82. The molecule has 0 atom stereocenters. The van der Waals surface area contributed by atoms with Gasteiger partial charge in [-0.3, -0.25) is 4.79 Å². The Hall–Kier alpha value is -2.17. The molecule has 1 aromatic heterocycles. The number of ether oxygens (including phenoxy) is 1. The van der Waals surface area contributed by atoms with Crippen LogP contribution >= 0.6 is 23.4 Å². The van der Waals surface area contributed by atoms with Gasteiger partial charge in [-0.1, -0.05) is 23.4 Å². The van der Waals surface area contributed by atoms with E-state index in [1.807, 2.05) is 0 Å². The Morgan fingerprint density at radius 2 is 2.24 bits per heavy atom. The number of hydrogen-bond acceptors (Lipinski definition) is 6. The van der Waals surface area contributed by atoms with Crippen LogP contribution in [0, 0.1) is 11.3 Å². The van der Waals surface area contributed by atoms with Gasteiger partial charge in [0.15, 0.2) is 5.16 Å². The van der Waals surface area contributed by atoms with E-state index in [0.29, 0.717) is 10.9 Å². The maximum atomic E-state index is 11.9. The van der Waals surface area contributed by atoms with Crippen LogP contribution in [0.5, 0.6) is 11.5 Å². The molecule has 2 aromatic rings. The molecule has 21 heavy (non-hydrogen) atoms. The fourth-order valence-electron chi connectivity index (χ4n) is 1.75. The first kappa shape index (κ1) is 15.2. The van der Waals surface area contributed by atoms with E-state index < -0.39 is 5.56 Å². The molecule has 0 amide bonds. The lowest BCUT2D eigenvalue weighted by Gasteiger charge is -2.10. The molecular formula is C13H10ClN3O3S. The highest BCUT2D eigenvalue weighted by Gasteiger charge is 2.20. The summed E-state index contributed by atoms with van der Waals surface area (Å²) in [7, 11) is 1.43. The summed E-state index contributed by atoms with van der Waals surface area (Å²) in [6, 6.07) is 4.59. The number of thioether (sulfide) groups is 1. The second-order valence-electron chi connectivity index (χ2n) is 3.91. The normalized spacial score (nSPS) is 10.2. The molecule has 2 N–H and O–H groups in total. The predicted molar refractivity (Wildman–Crippen MR) is 80.0 cm³/mol. The molecule has 8 heteroatoms. The number of H-pyrrole nitrogens is 1. The van der Waals surface area contributed by atoms with Crippen molar-refractivity contribution in [1.82, 2.24) is 9.97 Å². The summed E-state index contributed by atoms with van der Waals surface area (Å²) >= 11 is 7.32. The van der Waals surface area contributed by atoms with Gasteiger partial charge in [-0.15, -0.1) is 0 Å². The third-order valence-electron chi connectivity index (χ3n) is 2.72. The Kier molecular flexibility index (Phi) is 4.40. The zero-order valence-electron chi connectivity index (χ0n) is 11.1. The van der Waals surface area contributed by atoms with E-state index in [0.717, 1.165) is 0 Å². The van der Waals surface area contributed by atoms with Crippen LogP contribution in [0.25, 0.3) is 11.3 Å². The van der Waals surface area contributed by atoms with Gasteiger partial charge in [-0.2, -0.15) is 5.26 Å². The van der Waals surface area contributed by atoms with Gasteiger partial charge in [-0.25, -0.2) is 4.98 Å². The van der Waals surface area contributed by atoms with E-state index in [4.69, 9.17) is 21.6 Å². The largest absolute Gasteiger partial charge is 0.507 e. The van der Waals surface area contributed by atoms with Crippen molar-refractivity contribution in [2.24, 2.45) is 0 Å². The standard InChI is InChI=1S/C13H10ClN3O3S/c1-20-6-3-8(14)10(9(18)4-6)11-7(5-15)12(19)17-13(16-11)21-2/h3-4,18H,1-2H3,(H,16,17,19). The van der Waals surface area contributed by atoms with E-state index in [2.05, 4.69) is 9.97 Å². The zero-order chi connectivity index (χ0) is 15.6. The number of phenols is 1. The lowest BCUT2D eigenvalue weighted by Crippen LogP contribution is -2.14. The number of aromatic hydroxyl groups is 1. The molecule has 0 aliphatic carbocycles. The highest BCUT2D eigenvalue weighted by Crippen LogP contribution is 2.39. The summed E-state index contributed by atoms with van der Waals surface area (Å²) in [5, 5.41) is 19.7. The summed E-state index contributed by atoms with van der Waals surface area (Å²) in [5.41, 5.74) is -0.639. The Morgan fingerprint density at radius 3 is 2.76 bits per heavy atom. The van der Waals surface area contributed by atoms with Gasteiger partial charge < -0.3 is 14.8 Å². The molecule has 2 rings (SSSR count). The molecule has 0 fully saturated rings. The van der Waals surface area contributed by atoms with Gasteiger partial charge in [0.05, 0.1) is 17.7 Å². The zero-order valence-corrected chi connectivity index (χ0v) is 12.7. The quantitative estimate of drug-likeness (QED) is 0.664. The van der Waals surface area contributed by atoms with Gasteiger partial charge >= 0.3 is 0 Å². The van der Waals surface area contributed by atoms with Crippen molar-refractivity contribution in [3.63, 3.8) is 0 Å². The fourth-order valence-corrected chi connectivity index (χ4v) is 2.43. The van der Waals surface area contributed by atoms with Crippen molar-refractivity contribution in [2.75, 3.05) is 13.4 Å². The van der Waals surface area contributed by atoms with Crippen molar-refractivity contribution in [2.45, 2.75) is 5.16 Å². The number of methoxy groups -OCH3 is 1. The van der Waals surface area contributed by atoms with Crippen LogP contribution in [0.3, 0.4) is 0 Å². The van der Waals surface area contributed by atoms with Crippen molar-refractivity contribution >= 4 is 23.4 Å². The lowest BCUT2D eigenvalue weighted by atomic mass is 10.1.